The SMILES string of the molecule is BrC1(Br)C=CC(Br)(Cc2ccccc2)C(Br)(Br)C1(Br)Br. The third-order valence-corrected chi connectivity index (χ3v) is 16.4. The summed E-state index contributed by atoms with van der Waals surface area (Å²) < 4.78 is -1.75. The number of alkyl halides is 7. The zero-order valence-electron chi connectivity index (χ0n) is 9.89. The number of hydrogen-bond donors (Lipinski definition) is 0. The molecule has 1 aromatic rings. The summed E-state index contributed by atoms with van der Waals surface area (Å²) in [6.07, 6.45) is 5.05. The molecular weight excluding hydrogens is 715 g/mol. The van der Waals surface area contributed by atoms with E-state index in [1.165, 1.54) is 5.56 Å². The van der Waals surface area contributed by atoms with Crippen LogP contribution in [-0.2, 0) is 6.42 Å². The highest BCUT2D eigenvalue weighted by atomic mass is 79.9. The van der Waals surface area contributed by atoms with Crippen molar-refractivity contribution in [1.82, 2.24) is 0 Å². The summed E-state index contributed by atoms with van der Waals surface area (Å²) in [6.45, 7) is 0. The monoisotopic (exact) mass is 717 g/mol. The van der Waals surface area contributed by atoms with Gasteiger partial charge in [-0.2, -0.15) is 0 Å². The summed E-state index contributed by atoms with van der Waals surface area (Å²) in [5.41, 5.74) is 1.25. The van der Waals surface area contributed by atoms with Crippen molar-refractivity contribution in [3.05, 3.63) is 48.0 Å². The number of benzene rings is 1. The highest BCUT2D eigenvalue weighted by Crippen LogP contribution is 2.68. The van der Waals surface area contributed by atoms with E-state index in [1.807, 2.05) is 6.07 Å². The molecule has 0 heterocycles. The van der Waals surface area contributed by atoms with Gasteiger partial charge in [0, 0.05) is 0 Å². The van der Waals surface area contributed by atoms with Gasteiger partial charge in [0.05, 0.1) is 4.32 Å². The van der Waals surface area contributed by atoms with Gasteiger partial charge in [0.2, 0.25) is 0 Å². The lowest BCUT2D eigenvalue weighted by atomic mass is 9.89. The second kappa shape index (κ2) is 6.32. The molecule has 1 aliphatic rings. The van der Waals surface area contributed by atoms with Crippen LogP contribution < -0.4 is 0 Å². The Morgan fingerprint density at radius 2 is 1.25 bits per heavy atom. The number of halogens is 7. The maximum Gasteiger partial charge on any atom is 0.136 e. The van der Waals surface area contributed by atoms with E-state index in [2.05, 4.69) is 148 Å². The van der Waals surface area contributed by atoms with Crippen LogP contribution in [0.25, 0.3) is 0 Å². The van der Waals surface area contributed by atoms with Crippen LogP contribution in [0.15, 0.2) is 42.5 Å². The van der Waals surface area contributed by atoms with Crippen LogP contribution in [0, 0.1) is 0 Å². The molecule has 7 heteroatoms. The van der Waals surface area contributed by atoms with Gasteiger partial charge < -0.3 is 0 Å². The van der Waals surface area contributed by atoms with Crippen LogP contribution in [0.3, 0.4) is 0 Å². The van der Waals surface area contributed by atoms with Crippen LogP contribution in [0.5, 0.6) is 0 Å². The minimum atomic E-state index is -0.507. The average molecular weight is 725 g/mol. The number of rotatable bonds is 2. The first kappa shape index (κ1) is 18.7. The molecule has 1 atom stereocenters. The minimum Gasteiger partial charge on any atom is -0.0778 e. The summed E-state index contributed by atoms with van der Waals surface area (Å²) in [5.74, 6) is 0. The Morgan fingerprint density at radius 3 is 1.80 bits per heavy atom. The molecule has 0 nitrogen and oxygen atoms in total. The molecule has 110 valence electrons. The highest BCUT2D eigenvalue weighted by molar-refractivity contribution is 9.33. The molecule has 1 unspecified atom stereocenters. The van der Waals surface area contributed by atoms with Gasteiger partial charge >= 0.3 is 0 Å². The second-order valence-electron chi connectivity index (χ2n) is 4.63. The molecular formula is C13H9Br7. The van der Waals surface area contributed by atoms with Gasteiger partial charge in [0.15, 0.2) is 0 Å². The normalized spacial score (nSPS) is 30.1. The molecule has 2 rings (SSSR count). The second-order valence-corrected chi connectivity index (χ2v) is 16.5. The molecule has 0 bridgehead atoms. The predicted octanol–water partition coefficient (Wildman–Crippen LogP) is 7.39. The van der Waals surface area contributed by atoms with Gasteiger partial charge in [-0.3, -0.25) is 0 Å². The lowest BCUT2D eigenvalue weighted by molar-refractivity contribution is 0.586. The lowest BCUT2D eigenvalue weighted by Gasteiger charge is -2.52. The Bertz CT molecular complexity index is 521. The summed E-state index contributed by atoms with van der Waals surface area (Å²) in [4.78, 5) is 0. The van der Waals surface area contributed by atoms with Crippen LogP contribution in [-0.4, -0.2) is 14.0 Å². The Labute approximate surface area is 177 Å². The maximum absolute atomic E-state index is 3.90. The van der Waals surface area contributed by atoms with Gasteiger partial charge in [-0.1, -0.05) is 154 Å². The van der Waals surface area contributed by atoms with Gasteiger partial charge in [-0.25, -0.2) is 0 Å². The first-order chi connectivity index (χ1) is 9.04. The van der Waals surface area contributed by atoms with Crippen molar-refractivity contribution < 1.29 is 0 Å². The first-order valence-corrected chi connectivity index (χ1v) is 11.2. The fourth-order valence-electron chi connectivity index (χ4n) is 1.98. The molecule has 1 aliphatic carbocycles. The molecule has 1 aromatic carbocycles. The summed E-state index contributed by atoms with van der Waals surface area (Å²) >= 11 is 26.5. The van der Waals surface area contributed by atoms with Crippen LogP contribution in [0.2, 0.25) is 0 Å². The molecule has 0 fully saturated rings. The third-order valence-electron chi connectivity index (χ3n) is 3.20. The third kappa shape index (κ3) is 3.12. The van der Waals surface area contributed by atoms with E-state index in [1.54, 1.807) is 0 Å². The van der Waals surface area contributed by atoms with E-state index < -0.39 is 9.70 Å². The summed E-state index contributed by atoms with van der Waals surface area (Å²) in [7, 11) is 0. The number of hydrogen-bond acceptors (Lipinski definition) is 0. The smallest absolute Gasteiger partial charge is 0.0778 e. The molecule has 0 spiro atoms. The largest absolute Gasteiger partial charge is 0.136 e. The topological polar surface area (TPSA) is 0 Å². The van der Waals surface area contributed by atoms with E-state index in [9.17, 15) is 0 Å². The predicted molar refractivity (Wildman–Crippen MR) is 113 cm³/mol. The summed E-state index contributed by atoms with van der Waals surface area (Å²) in [5, 5.41) is 0. The van der Waals surface area contributed by atoms with Crippen molar-refractivity contribution >= 4 is 112 Å². The van der Waals surface area contributed by atoms with E-state index in [4.69, 9.17) is 0 Å². The Morgan fingerprint density at radius 1 is 0.700 bits per heavy atom. The fraction of sp³-hybridized carbons (Fsp3) is 0.385. The van der Waals surface area contributed by atoms with Crippen molar-refractivity contribution in [1.29, 1.82) is 0 Å². The van der Waals surface area contributed by atoms with Crippen molar-refractivity contribution in [2.24, 2.45) is 0 Å². The highest BCUT2D eigenvalue weighted by Gasteiger charge is 2.66. The molecule has 0 saturated heterocycles. The van der Waals surface area contributed by atoms with Gasteiger partial charge in [0.1, 0.15) is 9.70 Å². The maximum atomic E-state index is 3.90. The van der Waals surface area contributed by atoms with Gasteiger partial charge in [-0.15, -0.1) is 0 Å². The minimum absolute atomic E-state index is 0.320. The van der Waals surface area contributed by atoms with Crippen molar-refractivity contribution in [3.8, 4) is 0 Å². The van der Waals surface area contributed by atoms with Crippen molar-refractivity contribution in [2.75, 3.05) is 0 Å². The zero-order valence-corrected chi connectivity index (χ0v) is 21.0. The quantitative estimate of drug-likeness (QED) is 0.221. The molecule has 0 amide bonds. The fourth-order valence-corrected chi connectivity index (χ4v) is 7.33. The van der Waals surface area contributed by atoms with E-state index in [-0.39, 0.29) is 4.32 Å². The van der Waals surface area contributed by atoms with Crippen LogP contribution in [0.4, 0.5) is 0 Å². The Hall–Kier alpha value is 2.32. The molecule has 20 heavy (non-hydrogen) atoms. The van der Waals surface area contributed by atoms with E-state index >= 15 is 0 Å². The molecule has 0 aliphatic heterocycles. The van der Waals surface area contributed by atoms with E-state index in [0.29, 0.717) is 0 Å². The zero-order chi connectivity index (χ0) is 15.2. The van der Waals surface area contributed by atoms with Gasteiger partial charge in [-0.05, 0) is 12.0 Å². The first-order valence-electron chi connectivity index (χ1n) is 5.60. The standard InChI is InChI=1S/C13H9Br7/c14-10(8-9-4-2-1-3-5-9)6-7-11(15,16)13(19,20)12(10,17)18/h1-7H,8H2. The number of allylic oxidation sites excluding steroid dienone is 2. The van der Waals surface area contributed by atoms with Gasteiger partial charge in [0.25, 0.3) is 0 Å². The molecule has 0 aromatic heterocycles. The van der Waals surface area contributed by atoms with Crippen LogP contribution >= 0.6 is 112 Å². The van der Waals surface area contributed by atoms with Crippen LogP contribution in [0.1, 0.15) is 5.56 Å². The molecule has 0 radical (unpaired) electrons. The lowest BCUT2D eigenvalue weighted by Crippen LogP contribution is -2.60. The average Bonchev–Trinajstić information content (AvgIpc) is 2.36. The Balaban J connectivity index is 2.46. The Kier molecular flexibility index (Phi) is 5.90. The molecule has 0 saturated carbocycles. The molecule has 0 N–H and O–H groups in total. The van der Waals surface area contributed by atoms with E-state index in [0.717, 1.165) is 6.42 Å². The summed E-state index contributed by atoms with van der Waals surface area (Å²) in [6, 6.07) is 10.4. The van der Waals surface area contributed by atoms with Crippen molar-refractivity contribution in [3.63, 3.8) is 0 Å². The van der Waals surface area contributed by atoms with Crippen molar-refractivity contribution in [2.45, 2.75) is 20.4 Å².